The Morgan fingerprint density at radius 3 is 2.30 bits per heavy atom. The molecule has 0 bridgehead atoms. The molecule has 0 saturated heterocycles. The van der Waals surface area contributed by atoms with Crippen molar-refractivity contribution in [3.63, 3.8) is 0 Å². The van der Waals surface area contributed by atoms with Gasteiger partial charge in [0.1, 0.15) is 12.1 Å². The second kappa shape index (κ2) is 8.84. The van der Waals surface area contributed by atoms with Crippen molar-refractivity contribution in [3.05, 3.63) is 103 Å². The Morgan fingerprint density at radius 2 is 1.58 bits per heavy atom. The second-order valence-electron chi connectivity index (χ2n) is 7.50. The fourth-order valence-corrected chi connectivity index (χ4v) is 3.69. The summed E-state index contributed by atoms with van der Waals surface area (Å²) in [5, 5.41) is 4.39. The highest BCUT2D eigenvalue weighted by Gasteiger charge is 2.14. The summed E-state index contributed by atoms with van der Waals surface area (Å²) in [5.74, 6) is 0.802. The summed E-state index contributed by atoms with van der Waals surface area (Å²) < 4.78 is 0. The molecule has 0 saturated carbocycles. The third-order valence-corrected chi connectivity index (χ3v) is 5.33. The molecule has 0 aliphatic heterocycles. The van der Waals surface area contributed by atoms with Crippen LogP contribution in [0.3, 0.4) is 0 Å². The van der Waals surface area contributed by atoms with Crippen molar-refractivity contribution in [1.29, 1.82) is 0 Å². The monoisotopic (exact) mass is 432 g/mol. The Balaban J connectivity index is 1.61. The molecule has 0 spiro atoms. The molecule has 7 heteroatoms. The molecule has 2 heterocycles. The molecule has 0 radical (unpaired) electrons. The molecule has 3 N–H and O–H groups in total. The number of nitrogens with one attached hydrogen (secondary N) is 1. The number of nitrogens with two attached hydrogens (primary N) is 1. The molecule has 1 amide bonds. The summed E-state index contributed by atoms with van der Waals surface area (Å²) in [6.07, 6.45) is 4.87. The van der Waals surface area contributed by atoms with Crippen molar-refractivity contribution in [2.45, 2.75) is 6.54 Å². The minimum absolute atomic E-state index is 0.446. The maximum absolute atomic E-state index is 11.4. The summed E-state index contributed by atoms with van der Waals surface area (Å²) in [5.41, 5.74) is 10.5. The molecule has 7 nitrogen and oxygen atoms in total. The smallest absolute Gasteiger partial charge is 0.248 e. The SMILES string of the molecule is NC(=O)c1ccc(CNc2nc(-c3cncnc3)nc3cccc(-c4ccccc4)c23)cc1. The van der Waals surface area contributed by atoms with Crippen LogP contribution in [0, 0.1) is 0 Å². The second-order valence-corrected chi connectivity index (χ2v) is 7.50. The lowest BCUT2D eigenvalue weighted by Gasteiger charge is -2.14. The summed E-state index contributed by atoms with van der Waals surface area (Å²) in [7, 11) is 0. The zero-order chi connectivity index (χ0) is 22.6. The molecule has 3 aromatic carbocycles. The van der Waals surface area contributed by atoms with E-state index in [1.165, 1.54) is 6.33 Å². The molecule has 5 rings (SSSR count). The van der Waals surface area contributed by atoms with Crippen molar-refractivity contribution in [3.8, 4) is 22.5 Å². The summed E-state index contributed by atoms with van der Waals surface area (Å²) >= 11 is 0. The van der Waals surface area contributed by atoms with Crippen LogP contribution in [-0.4, -0.2) is 25.8 Å². The Hall–Kier alpha value is -4.65. The first-order chi connectivity index (χ1) is 16.2. The molecule has 0 aliphatic rings. The number of primary amides is 1. The summed E-state index contributed by atoms with van der Waals surface area (Å²) in [6, 6.07) is 23.4. The van der Waals surface area contributed by atoms with Crippen LogP contribution >= 0.6 is 0 Å². The molecule has 0 fully saturated rings. The predicted octanol–water partition coefficient (Wildman–Crippen LogP) is 4.46. The Kier molecular flexibility index (Phi) is 5.43. The first kappa shape index (κ1) is 20.3. The van der Waals surface area contributed by atoms with Gasteiger partial charge < -0.3 is 11.1 Å². The molecule has 0 unspecified atom stereocenters. The summed E-state index contributed by atoms with van der Waals surface area (Å²) in [6.45, 7) is 0.513. The van der Waals surface area contributed by atoms with E-state index in [1.807, 2.05) is 42.5 Å². The van der Waals surface area contributed by atoms with E-state index < -0.39 is 5.91 Å². The number of anilines is 1. The number of amides is 1. The third kappa shape index (κ3) is 4.24. The van der Waals surface area contributed by atoms with Crippen molar-refractivity contribution in [2.24, 2.45) is 5.73 Å². The lowest BCUT2D eigenvalue weighted by Crippen LogP contribution is -2.11. The standard InChI is InChI=1S/C26H20N6O/c27-24(33)19-11-9-17(10-12-19)13-30-26-23-21(18-5-2-1-3-6-18)7-4-8-22(23)31-25(32-26)20-14-28-16-29-15-20/h1-12,14-16H,13H2,(H2,27,33)(H,30,31,32). The average molecular weight is 432 g/mol. The Bertz CT molecular complexity index is 1420. The third-order valence-electron chi connectivity index (χ3n) is 5.33. The van der Waals surface area contributed by atoms with Crippen molar-refractivity contribution in [1.82, 2.24) is 19.9 Å². The number of aromatic nitrogens is 4. The topological polar surface area (TPSA) is 107 Å². The van der Waals surface area contributed by atoms with Gasteiger partial charge in [0.2, 0.25) is 5.91 Å². The molecule has 2 aromatic heterocycles. The van der Waals surface area contributed by atoms with Gasteiger partial charge >= 0.3 is 0 Å². The van der Waals surface area contributed by atoms with Crippen LogP contribution in [0.5, 0.6) is 0 Å². The molecule has 0 aliphatic carbocycles. The van der Waals surface area contributed by atoms with Gasteiger partial charge in [0.05, 0.1) is 16.5 Å². The molecular weight excluding hydrogens is 412 g/mol. The van der Waals surface area contributed by atoms with Gasteiger partial charge in [0, 0.05) is 24.5 Å². The lowest BCUT2D eigenvalue weighted by molar-refractivity contribution is 0.100. The molecule has 33 heavy (non-hydrogen) atoms. The molecular formula is C26H20N6O. The lowest BCUT2D eigenvalue weighted by atomic mass is 10.0. The fourth-order valence-electron chi connectivity index (χ4n) is 3.69. The van der Waals surface area contributed by atoms with Crippen LogP contribution in [0.15, 0.2) is 91.5 Å². The number of nitrogens with zero attached hydrogens (tertiary/aromatic N) is 4. The van der Waals surface area contributed by atoms with Crippen molar-refractivity contribution < 1.29 is 4.79 Å². The minimum atomic E-state index is -0.446. The van der Waals surface area contributed by atoms with E-state index in [0.29, 0.717) is 23.8 Å². The quantitative estimate of drug-likeness (QED) is 0.410. The maximum Gasteiger partial charge on any atom is 0.248 e. The van der Waals surface area contributed by atoms with Crippen LogP contribution in [0.4, 0.5) is 5.82 Å². The number of benzene rings is 3. The van der Waals surface area contributed by atoms with E-state index in [0.717, 1.165) is 33.2 Å². The van der Waals surface area contributed by atoms with Crippen molar-refractivity contribution >= 4 is 22.6 Å². The maximum atomic E-state index is 11.4. The van der Waals surface area contributed by atoms with Crippen LogP contribution in [0.2, 0.25) is 0 Å². The van der Waals surface area contributed by atoms with Gasteiger partial charge in [-0.25, -0.2) is 19.9 Å². The van der Waals surface area contributed by atoms with E-state index in [1.54, 1.807) is 24.5 Å². The van der Waals surface area contributed by atoms with Crippen LogP contribution < -0.4 is 11.1 Å². The largest absolute Gasteiger partial charge is 0.366 e. The van der Waals surface area contributed by atoms with Gasteiger partial charge in [-0.1, -0.05) is 54.6 Å². The number of rotatable bonds is 6. The zero-order valence-electron chi connectivity index (χ0n) is 17.6. The van der Waals surface area contributed by atoms with Gasteiger partial charge in [0.15, 0.2) is 5.82 Å². The number of hydrogen-bond donors (Lipinski definition) is 2. The first-order valence-corrected chi connectivity index (χ1v) is 10.4. The zero-order valence-corrected chi connectivity index (χ0v) is 17.6. The van der Waals surface area contributed by atoms with Crippen LogP contribution in [0.1, 0.15) is 15.9 Å². The Labute approximate surface area is 190 Å². The molecule has 0 atom stereocenters. The highest BCUT2D eigenvalue weighted by atomic mass is 16.1. The van der Waals surface area contributed by atoms with Gasteiger partial charge in [-0.2, -0.15) is 0 Å². The first-order valence-electron chi connectivity index (χ1n) is 10.4. The molecule has 160 valence electrons. The van der Waals surface area contributed by atoms with Gasteiger partial charge in [-0.05, 0) is 34.9 Å². The molecule has 5 aromatic rings. The normalized spacial score (nSPS) is 10.8. The predicted molar refractivity (Wildman–Crippen MR) is 128 cm³/mol. The average Bonchev–Trinajstić information content (AvgIpc) is 2.88. The van der Waals surface area contributed by atoms with E-state index in [-0.39, 0.29) is 0 Å². The van der Waals surface area contributed by atoms with E-state index >= 15 is 0 Å². The van der Waals surface area contributed by atoms with Crippen LogP contribution in [0.25, 0.3) is 33.4 Å². The number of carbonyl (C=O) groups excluding carboxylic acids is 1. The van der Waals surface area contributed by atoms with E-state index in [4.69, 9.17) is 15.7 Å². The van der Waals surface area contributed by atoms with Gasteiger partial charge in [0.25, 0.3) is 0 Å². The Morgan fingerprint density at radius 1 is 0.818 bits per heavy atom. The number of fused-ring (bicyclic) bond motifs is 1. The van der Waals surface area contributed by atoms with Crippen LogP contribution in [-0.2, 0) is 6.54 Å². The highest BCUT2D eigenvalue weighted by Crippen LogP contribution is 2.34. The summed E-state index contributed by atoms with van der Waals surface area (Å²) in [4.78, 5) is 29.2. The van der Waals surface area contributed by atoms with Crippen molar-refractivity contribution in [2.75, 3.05) is 5.32 Å². The van der Waals surface area contributed by atoms with E-state index in [9.17, 15) is 4.79 Å². The number of carbonyl (C=O) groups is 1. The number of hydrogen-bond acceptors (Lipinski definition) is 6. The highest BCUT2D eigenvalue weighted by molar-refractivity contribution is 6.02. The van der Waals surface area contributed by atoms with Gasteiger partial charge in [-0.3, -0.25) is 4.79 Å². The van der Waals surface area contributed by atoms with Gasteiger partial charge in [-0.15, -0.1) is 0 Å². The van der Waals surface area contributed by atoms with E-state index in [2.05, 4.69) is 33.5 Å². The minimum Gasteiger partial charge on any atom is -0.366 e. The fraction of sp³-hybridized carbons (Fsp3) is 0.0385.